The number of benzene rings is 3. The van der Waals surface area contributed by atoms with Crippen LogP contribution in [-0.4, -0.2) is 32.1 Å². The molecule has 0 spiro atoms. The van der Waals surface area contributed by atoms with E-state index in [1.165, 1.54) is 27.4 Å². The molecular formula is C25H28Cl2N2O. The predicted molar refractivity (Wildman–Crippen MR) is 124 cm³/mol. The van der Waals surface area contributed by atoms with Crippen LogP contribution in [0.4, 0.5) is 0 Å². The molecule has 1 aromatic heterocycles. The molecule has 0 aliphatic heterocycles. The number of para-hydroxylation sites is 2. The van der Waals surface area contributed by atoms with E-state index in [9.17, 15) is 0 Å². The van der Waals surface area contributed by atoms with E-state index in [1.54, 1.807) is 0 Å². The second kappa shape index (κ2) is 10.6. The molecule has 0 atom stereocenters. The summed E-state index contributed by atoms with van der Waals surface area (Å²) in [5.41, 5.74) is 4.85. The molecule has 3 aromatic carbocycles. The van der Waals surface area contributed by atoms with Crippen LogP contribution in [0.1, 0.15) is 6.42 Å². The van der Waals surface area contributed by atoms with E-state index in [0.29, 0.717) is 6.61 Å². The fourth-order valence-corrected chi connectivity index (χ4v) is 3.91. The third kappa shape index (κ3) is 4.70. The summed E-state index contributed by atoms with van der Waals surface area (Å²) in [5.74, 6) is 0.946. The van der Waals surface area contributed by atoms with Gasteiger partial charge in [0.15, 0.2) is 5.75 Å². The number of nitrogens with zero attached hydrogens (tertiary/aromatic N) is 2. The monoisotopic (exact) mass is 442 g/mol. The van der Waals surface area contributed by atoms with E-state index in [4.69, 9.17) is 4.74 Å². The second-order valence-corrected chi connectivity index (χ2v) is 7.47. The Kier molecular flexibility index (Phi) is 8.48. The minimum atomic E-state index is 0. The summed E-state index contributed by atoms with van der Waals surface area (Å²) in [6, 6.07) is 25.6. The highest BCUT2D eigenvalue weighted by molar-refractivity contribution is 6.08. The number of aromatic nitrogens is 1. The van der Waals surface area contributed by atoms with Crippen molar-refractivity contribution in [2.45, 2.75) is 6.42 Å². The lowest BCUT2D eigenvalue weighted by Gasteiger charge is -2.14. The molecule has 1 heterocycles. The Labute approximate surface area is 191 Å². The minimum absolute atomic E-state index is 0. The van der Waals surface area contributed by atoms with Crippen LogP contribution < -0.4 is 21.7 Å². The lowest BCUT2D eigenvalue weighted by atomic mass is 9.95. The summed E-state index contributed by atoms with van der Waals surface area (Å²) in [7, 11) is 6.32. The van der Waals surface area contributed by atoms with Gasteiger partial charge >= 0.3 is 0 Å². The third-order valence-corrected chi connectivity index (χ3v) is 5.21. The lowest BCUT2D eigenvalue weighted by molar-refractivity contribution is -0.617. The quantitative estimate of drug-likeness (QED) is 0.258. The zero-order valence-corrected chi connectivity index (χ0v) is 19.2. The van der Waals surface area contributed by atoms with E-state index < -0.39 is 0 Å². The van der Waals surface area contributed by atoms with Gasteiger partial charge in [0.05, 0.1) is 17.4 Å². The van der Waals surface area contributed by atoms with Crippen molar-refractivity contribution in [3.63, 3.8) is 0 Å². The van der Waals surface area contributed by atoms with Crippen LogP contribution in [-0.2, 0) is 7.05 Å². The van der Waals surface area contributed by atoms with Crippen molar-refractivity contribution in [3.05, 3.63) is 72.8 Å². The van der Waals surface area contributed by atoms with Gasteiger partial charge in [0.1, 0.15) is 7.05 Å². The standard InChI is InChI=1S/C25H27N2O.2ClH/c1-26(2)17-10-18-28-23-16-9-14-21-24(19-11-5-4-6-12-19)20-13-7-8-15-22(20)27(3)25(21)23;;/h4-9,11-16H,10,17-18H2,1-3H3;2*1H/q+1;;/p-1. The van der Waals surface area contributed by atoms with Crippen molar-refractivity contribution in [1.29, 1.82) is 0 Å². The summed E-state index contributed by atoms with van der Waals surface area (Å²) < 4.78 is 8.51. The van der Waals surface area contributed by atoms with Crippen molar-refractivity contribution in [3.8, 4) is 16.9 Å². The highest BCUT2D eigenvalue weighted by Crippen LogP contribution is 2.36. The molecule has 4 rings (SSSR count). The van der Waals surface area contributed by atoms with Gasteiger partial charge in [0.25, 0.3) is 5.52 Å². The molecule has 0 N–H and O–H groups in total. The molecule has 4 aromatic rings. The van der Waals surface area contributed by atoms with Gasteiger partial charge in [-0.3, -0.25) is 0 Å². The SMILES string of the molecule is CN(C)CCCOc1cccc2c(-c3ccccc3)c3ccccc3[n+](C)c12.Cl.[Cl-]. The number of ether oxygens (including phenoxy) is 1. The molecule has 0 bridgehead atoms. The average Bonchev–Trinajstić information content (AvgIpc) is 2.72. The number of hydrogen-bond acceptors (Lipinski definition) is 2. The topological polar surface area (TPSA) is 16.4 Å². The van der Waals surface area contributed by atoms with Crippen LogP contribution in [0.2, 0.25) is 0 Å². The first kappa shape index (κ1) is 23.9. The zero-order valence-electron chi connectivity index (χ0n) is 17.6. The first-order valence-corrected chi connectivity index (χ1v) is 9.83. The minimum Gasteiger partial charge on any atom is -1.00 e. The molecule has 0 amide bonds. The predicted octanol–water partition coefficient (Wildman–Crippen LogP) is 2.24. The molecule has 30 heavy (non-hydrogen) atoms. The van der Waals surface area contributed by atoms with Crippen LogP contribution in [0.5, 0.6) is 5.75 Å². The number of rotatable bonds is 6. The molecule has 0 saturated heterocycles. The van der Waals surface area contributed by atoms with E-state index in [2.05, 4.69) is 103 Å². The summed E-state index contributed by atoms with van der Waals surface area (Å²) in [5, 5.41) is 2.48. The highest BCUT2D eigenvalue weighted by Gasteiger charge is 2.22. The van der Waals surface area contributed by atoms with Crippen LogP contribution in [0.25, 0.3) is 32.9 Å². The van der Waals surface area contributed by atoms with Crippen LogP contribution >= 0.6 is 12.4 Å². The van der Waals surface area contributed by atoms with E-state index in [1.807, 2.05) is 0 Å². The molecule has 158 valence electrons. The molecule has 3 nitrogen and oxygen atoms in total. The molecule has 0 radical (unpaired) electrons. The van der Waals surface area contributed by atoms with Crippen molar-refractivity contribution < 1.29 is 21.7 Å². The Hall–Kier alpha value is -2.33. The molecule has 0 unspecified atom stereocenters. The molecule has 0 saturated carbocycles. The fraction of sp³-hybridized carbons (Fsp3) is 0.240. The Morgan fingerprint density at radius 2 is 1.50 bits per heavy atom. The van der Waals surface area contributed by atoms with Crippen molar-refractivity contribution >= 4 is 34.2 Å². The number of pyridine rings is 1. The maximum atomic E-state index is 6.24. The van der Waals surface area contributed by atoms with E-state index in [-0.39, 0.29) is 24.8 Å². The fourth-order valence-electron chi connectivity index (χ4n) is 3.91. The van der Waals surface area contributed by atoms with Crippen molar-refractivity contribution in [2.75, 3.05) is 27.2 Å². The Balaban J connectivity index is 0.00000160. The van der Waals surface area contributed by atoms with Crippen molar-refractivity contribution in [1.82, 2.24) is 4.90 Å². The largest absolute Gasteiger partial charge is 1.00 e. The Morgan fingerprint density at radius 3 is 2.23 bits per heavy atom. The van der Waals surface area contributed by atoms with E-state index >= 15 is 0 Å². The first-order valence-electron chi connectivity index (χ1n) is 9.83. The van der Waals surface area contributed by atoms with Gasteiger partial charge in [-0.25, -0.2) is 0 Å². The van der Waals surface area contributed by atoms with Gasteiger partial charge < -0.3 is 22.0 Å². The van der Waals surface area contributed by atoms with E-state index in [0.717, 1.165) is 24.2 Å². The molecule has 0 aliphatic rings. The Morgan fingerprint density at radius 1 is 0.833 bits per heavy atom. The summed E-state index contributed by atoms with van der Waals surface area (Å²) >= 11 is 0. The molecule has 0 fully saturated rings. The first-order chi connectivity index (χ1) is 13.7. The van der Waals surface area contributed by atoms with Crippen LogP contribution in [0.3, 0.4) is 0 Å². The number of hydrogen-bond donors (Lipinski definition) is 0. The van der Waals surface area contributed by atoms with Gasteiger partial charge in [0, 0.05) is 18.2 Å². The maximum Gasteiger partial charge on any atom is 0.255 e. The van der Waals surface area contributed by atoms with Gasteiger partial charge in [-0.15, -0.1) is 12.4 Å². The number of halogens is 2. The second-order valence-electron chi connectivity index (χ2n) is 7.47. The summed E-state index contributed by atoms with van der Waals surface area (Å²) in [6.45, 7) is 1.74. The lowest BCUT2D eigenvalue weighted by Crippen LogP contribution is -3.00. The van der Waals surface area contributed by atoms with Crippen LogP contribution in [0, 0.1) is 0 Å². The van der Waals surface area contributed by atoms with Gasteiger partial charge in [-0.2, -0.15) is 4.57 Å². The molecule has 5 heteroatoms. The number of aryl methyl sites for hydroxylation is 1. The van der Waals surface area contributed by atoms with Crippen LogP contribution in [0.15, 0.2) is 72.8 Å². The maximum absolute atomic E-state index is 6.24. The average molecular weight is 443 g/mol. The van der Waals surface area contributed by atoms with Crippen molar-refractivity contribution in [2.24, 2.45) is 7.05 Å². The smallest absolute Gasteiger partial charge is 0.255 e. The normalized spacial score (nSPS) is 10.7. The highest BCUT2D eigenvalue weighted by atomic mass is 35.5. The molecule has 0 aliphatic carbocycles. The molecular weight excluding hydrogens is 415 g/mol. The number of fused-ring (bicyclic) bond motifs is 2. The summed E-state index contributed by atoms with van der Waals surface area (Å²) in [6.07, 6.45) is 1.01. The zero-order chi connectivity index (χ0) is 19.5. The third-order valence-electron chi connectivity index (χ3n) is 5.21. The van der Waals surface area contributed by atoms with Gasteiger partial charge in [0.2, 0.25) is 5.52 Å². The summed E-state index contributed by atoms with van der Waals surface area (Å²) in [4.78, 5) is 2.19. The van der Waals surface area contributed by atoms with Gasteiger partial charge in [-0.05, 0) is 44.3 Å². The Bertz CT molecular complexity index is 1110. The van der Waals surface area contributed by atoms with Gasteiger partial charge in [-0.1, -0.05) is 48.5 Å².